The molecule has 3 aliphatic heterocycles. The van der Waals surface area contributed by atoms with Crippen molar-refractivity contribution in [2.24, 2.45) is 11.8 Å². The van der Waals surface area contributed by atoms with Crippen LogP contribution in [0.2, 0.25) is 0 Å². The van der Waals surface area contributed by atoms with E-state index in [4.69, 9.17) is 4.74 Å². The molecule has 130 valence electrons. The van der Waals surface area contributed by atoms with Gasteiger partial charge in [0.1, 0.15) is 6.07 Å². The number of amides is 2. The topological polar surface area (TPSA) is 83.3 Å². The van der Waals surface area contributed by atoms with Crippen molar-refractivity contribution in [3.05, 3.63) is 36.0 Å². The Balaban J connectivity index is 1.70. The van der Waals surface area contributed by atoms with E-state index in [1.54, 1.807) is 30.5 Å². The predicted molar refractivity (Wildman–Crippen MR) is 93.1 cm³/mol. The molecule has 2 amide bonds. The smallest absolute Gasteiger partial charge is 0.240 e. The second kappa shape index (κ2) is 4.68. The molecule has 3 aliphatic rings. The molecule has 6 nitrogen and oxygen atoms in total. The lowest BCUT2D eigenvalue weighted by atomic mass is 9.69. The molecule has 0 aliphatic carbocycles. The van der Waals surface area contributed by atoms with Gasteiger partial charge in [0.2, 0.25) is 11.8 Å². The largest absolute Gasteiger partial charge is 0.367 e. The Kier molecular flexibility index (Phi) is 2.79. The molecule has 1 aromatic heterocycles. The molecule has 0 spiro atoms. The first-order valence-electron chi connectivity index (χ1n) is 8.75. The van der Waals surface area contributed by atoms with Gasteiger partial charge in [-0.15, -0.1) is 0 Å². The quantitative estimate of drug-likeness (QED) is 0.740. The molecule has 0 N–H and O–H groups in total. The van der Waals surface area contributed by atoms with Crippen LogP contribution in [0.4, 0.5) is 5.69 Å². The zero-order valence-electron chi connectivity index (χ0n) is 14.5. The molecule has 3 fully saturated rings. The Bertz CT molecular complexity index is 1010. The van der Waals surface area contributed by atoms with Crippen LogP contribution in [0, 0.1) is 23.2 Å². The summed E-state index contributed by atoms with van der Waals surface area (Å²) in [7, 11) is 0. The lowest BCUT2D eigenvalue weighted by molar-refractivity contribution is -0.129. The summed E-state index contributed by atoms with van der Waals surface area (Å²) < 4.78 is 6.14. The average molecular weight is 347 g/mol. The number of imide groups is 1. The maximum atomic E-state index is 13.3. The standard InChI is InChI=1S/C20H17N3O3/c1-19-7-8-20(2,26-19)15-14(19)17(24)23(18(15)25)13-6-5-11(10-21)16-12(13)4-3-9-22-16/h3-6,9,14-15H,7-8H2,1-2H3/t14?,15?,19-,20+. The Morgan fingerprint density at radius 2 is 1.81 bits per heavy atom. The fourth-order valence-corrected chi connectivity index (χ4v) is 5.15. The van der Waals surface area contributed by atoms with Crippen LogP contribution in [0.15, 0.2) is 30.5 Å². The zero-order chi connectivity index (χ0) is 18.3. The van der Waals surface area contributed by atoms with E-state index in [0.717, 1.165) is 12.8 Å². The van der Waals surface area contributed by atoms with Gasteiger partial charge in [0, 0.05) is 11.6 Å². The SMILES string of the molecule is C[C@]12CC[C@](C)(O1)C1C(=O)N(c3ccc(C#N)c4ncccc34)C(=O)C12. The third-order valence-electron chi connectivity index (χ3n) is 6.31. The maximum Gasteiger partial charge on any atom is 0.240 e. The van der Waals surface area contributed by atoms with E-state index >= 15 is 0 Å². The molecule has 5 rings (SSSR count). The van der Waals surface area contributed by atoms with Crippen molar-refractivity contribution in [2.75, 3.05) is 4.90 Å². The van der Waals surface area contributed by atoms with Gasteiger partial charge in [0.05, 0.1) is 39.8 Å². The first kappa shape index (κ1) is 15.5. The number of nitrogens with zero attached hydrogens (tertiary/aromatic N) is 3. The number of pyridine rings is 1. The summed E-state index contributed by atoms with van der Waals surface area (Å²) in [6, 6.07) is 8.95. The van der Waals surface area contributed by atoms with E-state index in [9.17, 15) is 14.9 Å². The number of aromatic nitrogens is 1. The molecule has 2 bridgehead atoms. The summed E-state index contributed by atoms with van der Waals surface area (Å²) in [5.74, 6) is -1.31. The van der Waals surface area contributed by atoms with Crippen molar-refractivity contribution in [2.45, 2.75) is 37.9 Å². The Morgan fingerprint density at radius 1 is 1.15 bits per heavy atom. The third kappa shape index (κ3) is 1.66. The predicted octanol–water partition coefficient (Wildman–Crippen LogP) is 2.55. The minimum Gasteiger partial charge on any atom is -0.367 e. The fraction of sp³-hybridized carbons (Fsp3) is 0.400. The number of carbonyl (C=O) groups excluding carboxylic acids is 2. The van der Waals surface area contributed by atoms with E-state index in [-0.39, 0.29) is 11.8 Å². The molecule has 0 radical (unpaired) electrons. The number of hydrogen-bond donors (Lipinski definition) is 0. The van der Waals surface area contributed by atoms with Crippen LogP contribution in [0.25, 0.3) is 10.9 Å². The molecular weight excluding hydrogens is 330 g/mol. The zero-order valence-corrected chi connectivity index (χ0v) is 14.5. The minimum atomic E-state index is -0.582. The lowest BCUT2D eigenvalue weighted by Gasteiger charge is -2.27. The molecule has 2 unspecified atom stereocenters. The highest BCUT2D eigenvalue weighted by molar-refractivity contribution is 6.26. The third-order valence-corrected chi connectivity index (χ3v) is 6.31. The van der Waals surface area contributed by atoms with Crippen LogP contribution in [-0.2, 0) is 14.3 Å². The van der Waals surface area contributed by atoms with Crippen molar-refractivity contribution in [1.29, 1.82) is 5.26 Å². The number of fused-ring (bicyclic) bond motifs is 6. The molecule has 3 saturated heterocycles. The highest BCUT2D eigenvalue weighted by atomic mass is 16.5. The van der Waals surface area contributed by atoms with Crippen molar-refractivity contribution in [3.8, 4) is 6.07 Å². The summed E-state index contributed by atoms with van der Waals surface area (Å²) in [5, 5.41) is 9.95. The maximum absolute atomic E-state index is 13.3. The first-order chi connectivity index (χ1) is 12.4. The van der Waals surface area contributed by atoms with E-state index in [2.05, 4.69) is 11.1 Å². The molecule has 26 heavy (non-hydrogen) atoms. The number of anilines is 1. The number of benzene rings is 1. The monoisotopic (exact) mass is 347 g/mol. The fourth-order valence-electron chi connectivity index (χ4n) is 5.15. The van der Waals surface area contributed by atoms with Crippen molar-refractivity contribution in [1.82, 2.24) is 4.98 Å². The summed E-state index contributed by atoms with van der Waals surface area (Å²) in [4.78, 5) is 32.1. The van der Waals surface area contributed by atoms with Gasteiger partial charge in [-0.1, -0.05) is 0 Å². The number of nitriles is 1. The molecule has 0 saturated carbocycles. The highest BCUT2D eigenvalue weighted by Crippen LogP contribution is 2.61. The van der Waals surface area contributed by atoms with Crippen LogP contribution in [0.5, 0.6) is 0 Å². The van der Waals surface area contributed by atoms with E-state index in [1.807, 2.05) is 13.8 Å². The van der Waals surface area contributed by atoms with Gasteiger partial charge in [-0.05, 0) is 51.0 Å². The van der Waals surface area contributed by atoms with Gasteiger partial charge in [-0.3, -0.25) is 14.6 Å². The van der Waals surface area contributed by atoms with Gasteiger partial charge in [0.25, 0.3) is 0 Å². The molecular formula is C20H17N3O3. The van der Waals surface area contributed by atoms with Crippen LogP contribution in [0.3, 0.4) is 0 Å². The van der Waals surface area contributed by atoms with E-state index in [0.29, 0.717) is 22.2 Å². The molecule has 1 aromatic carbocycles. The van der Waals surface area contributed by atoms with E-state index in [1.165, 1.54) is 4.90 Å². The van der Waals surface area contributed by atoms with Gasteiger partial charge < -0.3 is 4.74 Å². The second-order valence-electron chi connectivity index (χ2n) is 7.84. The molecule has 4 atom stereocenters. The van der Waals surface area contributed by atoms with Gasteiger partial charge >= 0.3 is 0 Å². The van der Waals surface area contributed by atoms with Crippen LogP contribution in [0.1, 0.15) is 32.3 Å². The summed E-state index contributed by atoms with van der Waals surface area (Å²) in [6.07, 6.45) is 3.17. The van der Waals surface area contributed by atoms with Gasteiger partial charge in [-0.25, -0.2) is 4.90 Å². The molecule has 2 aromatic rings. The lowest BCUT2D eigenvalue weighted by Crippen LogP contribution is -2.40. The van der Waals surface area contributed by atoms with Crippen molar-refractivity contribution in [3.63, 3.8) is 0 Å². The number of rotatable bonds is 1. The van der Waals surface area contributed by atoms with Gasteiger partial charge in [0.15, 0.2) is 0 Å². The average Bonchev–Trinajstić information content (AvgIpc) is 3.18. The van der Waals surface area contributed by atoms with Crippen LogP contribution in [-0.4, -0.2) is 28.0 Å². The first-order valence-corrected chi connectivity index (χ1v) is 8.75. The summed E-state index contributed by atoms with van der Waals surface area (Å²) >= 11 is 0. The van der Waals surface area contributed by atoms with Crippen LogP contribution >= 0.6 is 0 Å². The summed E-state index contributed by atoms with van der Waals surface area (Å²) in [5.41, 5.74) is 0.263. The highest BCUT2D eigenvalue weighted by Gasteiger charge is 2.72. The van der Waals surface area contributed by atoms with Crippen LogP contribution < -0.4 is 4.90 Å². The van der Waals surface area contributed by atoms with Crippen molar-refractivity contribution < 1.29 is 14.3 Å². The Morgan fingerprint density at radius 3 is 2.42 bits per heavy atom. The van der Waals surface area contributed by atoms with Crippen molar-refractivity contribution >= 4 is 28.4 Å². The molecule has 4 heterocycles. The number of ether oxygens (including phenoxy) is 1. The van der Waals surface area contributed by atoms with E-state index < -0.39 is 23.0 Å². The minimum absolute atomic E-state index is 0.208. The Labute approximate surface area is 150 Å². The summed E-state index contributed by atoms with van der Waals surface area (Å²) in [6.45, 7) is 3.88. The second-order valence-corrected chi connectivity index (χ2v) is 7.84. The van der Waals surface area contributed by atoms with Gasteiger partial charge in [-0.2, -0.15) is 5.26 Å². The normalized spacial score (nSPS) is 35.2. The molecule has 6 heteroatoms. The number of hydrogen-bond acceptors (Lipinski definition) is 5. The number of carbonyl (C=O) groups is 2. The Hall–Kier alpha value is -2.78.